The molecule has 1 aromatic heterocycles. The van der Waals surface area contributed by atoms with E-state index in [2.05, 4.69) is 20.8 Å². The van der Waals surface area contributed by atoms with Crippen molar-refractivity contribution < 1.29 is 14.3 Å². The number of carbonyl (C=O) groups is 2. The normalized spacial score (nSPS) is 15.4. The van der Waals surface area contributed by atoms with Crippen LogP contribution in [0.4, 0.5) is 5.69 Å². The summed E-state index contributed by atoms with van der Waals surface area (Å²) in [6, 6.07) is 11.1. The van der Waals surface area contributed by atoms with Crippen LogP contribution in [0, 0.1) is 20.8 Å². The lowest BCUT2D eigenvalue weighted by atomic mass is 10.1. The van der Waals surface area contributed by atoms with E-state index in [0.29, 0.717) is 18.7 Å². The second-order valence-electron chi connectivity index (χ2n) is 8.37. The average molecular weight is 449 g/mol. The molecular formula is C24H28N6O3. The summed E-state index contributed by atoms with van der Waals surface area (Å²) in [5, 5.41) is 14.2. The number of aromatic nitrogens is 4. The first kappa shape index (κ1) is 22.6. The van der Waals surface area contributed by atoms with Crippen molar-refractivity contribution in [2.24, 2.45) is 0 Å². The first-order chi connectivity index (χ1) is 15.9. The molecule has 172 valence electrons. The Kier molecular flexibility index (Phi) is 6.79. The van der Waals surface area contributed by atoms with Gasteiger partial charge in [-0.1, -0.05) is 12.1 Å². The molecule has 1 N–H and O–H groups in total. The zero-order chi connectivity index (χ0) is 23.4. The van der Waals surface area contributed by atoms with Crippen LogP contribution in [0.1, 0.15) is 39.9 Å². The van der Waals surface area contributed by atoms with E-state index in [0.717, 1.165) is 40.9 Å². The number of aryl methyl sites for hydroxylation is 2. The zero-order valence-corrected chi connectivity index (χ0v) is 19.1. The van der Waals surface area contributed by atoms with Crippen molar-refractivity contribution in [2.45, 2.75) is 39.7 Å². The van der Waals surface area contributed by atoms with E-state index in [1.165, 1.54) is 6.33 Å². The maximum absolute atomic E-state index is 13.4. The number of nitrogens with one attached hydrogen (secondary N) is 1. The largest absolute Gasteiger partial charge is 0.376 e. The molecule has 2 aromatic carbocycles. The fourth-order valence-corrected chi connectivity index (χ4v) is 4.00. The van der Waals surface area contributed by atoms with Gasteiger partial charge in [0.1, 0.15) is 12.9 Å². The number of carbonyl (C=O) groups excluding carboxylic acids is 2. The van der Waals surface area contributed by atoms with E-state index < -0.39 is 0 Å². The lowest BCUT2D eigenvalue weighted by Gasteiger charge is -2.25. The standard InChI is InChI=1S/C24H28N6O3/c1-16-6-4-8-21(18(16)3)26-23(31)14-29(13-20-7-5-11-33-20)24(32)19-9-10-22(17(2)12-19)30-15-25-27-28-30/h4,6,8-10,12,15,20H,5,7,11,13-14H2,1-3H3,(H,26,31). The molecule has 0 saturated carbocycles. The maximum Gasteiger partial charge on any atom is 0.254 e. The molecule has 2 amide bonds. The first-order valence-electron chi connectivity index (χ1n) is 11.0. The number of benzene rings is 2. The summed E-state index contributed by atoms with van der Waals surface area (Å²) in [4.78, 5) is 27.9. The van der Waals surface area contributed by atoms with Gasteiger partial charge in [-0.3, -0.25) is 9.59 Å². The third-order valence-corrected chi connectivity index (χ3v) is 5.99. The molecule has 0 aliphatic carbocycles. The SMILES string of the molecule is Cc1cc(C(=O)N(CC(=O)Nc2cccc(C)c2C)CC2CCCO2)ccc1-n1cnnn1. The molecule has 1 saturated heterocycles. The Labute approximate surface area is 192 Å². The van der Waals surface area contributed by atoms with Crippen molar-refractivity contribution in [3.63, 3.8) is 0 Å². The number of anilines is 1. The molecule has 9 heteroatoms. The van der Waals surface area contributed by atoms with Crippen LogP contribution in [0.2, 0.25) is 0 Å². The van der Waals surface area contributed by atoms with Gasteiger partial charge >= 0.3 is 0 Å². The molecule has 9 nitrogen and oxygen atoms in total. The molecular weight excluding hydrogens is 420 g/mol. The number of rotatable bonds is 7. The van der Waals surface area contributed by atoms with Crippen LogP contribution in [-0.4, -0.2) is 62.7 Å². The molecule has 3 aromatic rings. The van der Waals surface area contributed by atoms with Gasteiger partial charge in [0.25, 0.3) is 5.91 Å². The monoisotopic (exact) mass is 448 g/mol. The quantitative estimate of drug-likeness (QED) is 0.596. The summed E-state index contributed by atoms with van der Waals surface area (Å²) in [5.41, 5.74) is 5.00. The van der Waals surface area contributed by atoms with Gasteiger partial charge in [0, 0.05) is 24.4 Å². The summed E-state index contributed by atoms with van der Waals surface area (Å²) in [6.45, 7) is 6.86. The minimum Gasteiger partial charge on any atom is -0.376 e. The lowest BCUT2D eigenvalue weighted by Crippen LogP contribution is -2.42. The van der Waals surface area contributed by atoms with Gasteiger partial charge in [-0.15, -0.1) is 5.10 Å². The fraction of sp³-hybridized carbons (Fsp3) is 0.375. The molecule has 1 fully saturated rings. The molecule has 0 radical (unpaired) electrons. The minimum absolute atomic E-state index is 0.0557. The summed E-state index contributed by atoms with van der Waals surface area (Å²) < 4.78 is 7.29. The van der Waals surface area contributed by atoms with Gasteiger partial charge in [-0.25, -0.2) is 4.68 Å². The Balaban J connectivity index is 1.53. The highest BCUT2D eigenvalue weighted by Gasteiger charge is 2.26. The topological polar surface area (TPSA) is 102 Å². The van der Waals surface area contributed by atoms with Crippen molar-refractivity contribution in [3.8, 4) is 5.69 Å². The highest BCUT2D eigenvalue weighted by Crippen LogP contribution is 2.20. The molecule has 4 rings (SSSR count). The van der Waals surface area contributed by atoms with Gasteiger partial charge in [0.15, 0.2) is 0 Å². The lowest BCUT2D eigenvalue weighted by molar-refractivity contribution is -0.117. The van der Waals surface area contributed by atoms with Crippen LogP contribution in [-0.2, 0) is 9.53 Å². The fourth-order valence-electron chi connectivity index (χ4n) is 4.00. The molecule has 1 aliphatic rings. The van der Waals surface area contributed by atoms with Crippen LogP contribution >= 0.6 is 0 Å². The van der Waals surface area contributed by atoms with Gasteiger partial charge in [0.2, 0.25) is 5.91 Å². The van der Waals surface area contributed by atoms with Gasteiger partial charge in [0.05, 0.1) is 11.8 Å². The molecule has 2 heterocycles. The van der Waals surface area contributed by atoms with Gasteiger partial charge in [-0.2, -0.15) is 0 Å². The number of ether oxygens (including phenoxy) is 1. The molecule has 1 aliphatic heterocycles. The summed E-state index contributed by atoms with van der Waals surface area (Å²) in [6.07, 6.45) is 3.27. The van der Waals surface area contributed by atoms with Crippen molar-refractivity contribution in [1.29, 1.82) is 0 Å². The predicted octanol–water partition coefficient (Wildman–Crippen LogP) is 2.85. The minimum atomic E-state index is -0.239. The van der Waals surface area contributed by atoms with E-state index in [4.69, 9.17) is 4.74 Å². The van der Waals surface area contributed by atoms with Crippen LogP contribution in [0.25, 0.3) is 5.69 Å². The Morgan fingerprint density at radius 3 is 2.73 bits per heavy atom. The summed E-state index contributed by atoms with van der Waals surface area (Å²) in [7, 11) is 0. The third-order valence-electron chi connectivity index (χ3n) is 5.99. The smallest absolute Gasteiger partial charge is 0.254 e. The molecule has 0 spiro atoms. The number of hydrogen-bond acceptors (Lipinski definition) is 6. The average Bonchev–Trinajstić information content (AvgIpc) is 3.50. The molecule has 1 unspecified atom stereocenters. The second-order valence-corrected chi connectivity index (χ2v) is 8.37. The third kappa shape index (κ3) is 5.25. The Hall–Kier alpha value is -3.59. The van der Waals surface area contributed by atoms with Gasteiger partial charge < -0.3 is 15.0 Å². The summed E-state index contributed by atoms with van der Waals surface area (Å²) >= 11 is 0. The first-order valence-corrected chi connectivity index (χ1v) is 11.0. The van der Waals surface area contributed by atoms with E-state index in [9.17, 15) is 9.59 Å². The molecule has 1 atom stereocenters. The number of amides is 2. The highest BCUT2D eigenvalue weighted by atomic mass is 16.5. The van der Waals surface area contributed by atoms with Crippen LogP contribution < -0.4 is 5.32 Å². The van der Waals surface area contributed by atoms with Gasteiger partial charge in [-0.05, 0) is 85.0 Å². The van der Waals surface area contributed by atoms with Crippen LogP contribution in [0.5, 0.6) is 0 Å². The predicted molar refractivity (Wildman–Crippen MR) is 123 cm³/mol. The number of hydrogen-bond donors (Lipinski definition) is 1. The Bertz CT molecular complexity index is 1140. The second kappa shape index (κ2) is 9.91. The maximum atomic E-state index is 13.4. The van der Waals surface area contributed by atoms with Crippen molar-refractivity contribution in [2.75, 3.05) is 25.0 Å². The highest BCUT2D eigenvalue weighted by molar-refractivity contribution is 6.00. The van der Waals surface area contributed by atoms with E-state index >= 15 is 0 Å². The molecule has 33 heavy (non-hydrogen) atoms. The van der Waals surface area contributed by atoms with Crippen molar-refractivity contribution >= 4 is 17.5 Å². The van der Waals surface area contributed by atoms with Crippen LogP contribution in [0.15, 0.2) is 42.7 Å². The summed E-state index contributed by atoms with van der Waals surface area (Å²) in [5.74, 6) is -0.454. The van der Waals surface area contributed by atoms with Crippen molar-refractivity contribution in [1.82, 2.24) is 25.1 Å². The van der Waals surface area contributed by atoms with Crippen LogP contribution in [0.3, 0.4) is 0 Å². The Morgan fingerprint density at radius 2 is 2.03 bits per heavy atom. The molecule has 0 bridgehead atoms. The van der Waals surface area contributed by atoms with E-state index in [1.54, 1.807) is 27.8 Å². The van der Waals surface area contributed by atoms with E-state index in [-0.39, 0.29) is 24.5 Å². The zero-order valence-electron chi connectivity index (χ0n) is 19.1. The van der Waals surface area contributed by atoms with E-state index in [1.807, 2.05) is 39.0 Å². The Morgan fingerprint density at radius 1 is 1.18 bits per heavy atom. The number of tetrazole rings is 1. The van der Waals surface area contributed by atoms with Crippen molar-refractivity contribution in [3.05, 3.63) is 65.0 Å². The number of nitrogens with zero attached hydrogens (tertiary/aromatic N) is 5.